The van der Waals surface area contributed by atoms with Crippen molar-refractivity contribution in [1.29, 1.82) is 0 Å². The number of benzene rings is 3. The highest BCUT2D eigenvalue weighted by Crippen LogP contribution is 2.38. The maximum Gasteiger partial charge on any atom is 0.175 e. The van der Waals surface area contributed by atoms with Crippen LogP contribution in [0.25, 0.3) is 11.1 Å². The van der Waals surface area contributed by atoms with Crippen molar-refractivity contribution >= 4 is 9.84 Å². The van der Waals surface area contributed by atoms with E-state index in [1.54, 1.807) is 12.1 Å². The van der Waals surface area contributed by atoms with Crippen molar-refractivity contribution in [2.75, 3.05) is 19.3 Å². The third-order valence-corrected chi connectivity index (χ3v) is 6.73. The topological polar surface area (TPSA) is 46.2 Å². The number of rotatable bonds is 4. The minimum Gasteiger partial charge on any atom is -0.316 e. The molecule has 0 bridgehead atoms. The third kappa shape index (κ3) is 4.03. The van der Waals surface area contributed by atoms with Crippen molar-refractivity contribution in [1.82, 2.24) is 5.32 Å². The van der Waals surface area contributed by atoms with Gasteiger partial charge in [0.1, 0.15) is 0 Å². The van der Waals surface area contributed by atoms with E-state index < -0.39 is 9.84 Å². The van der Waals surface area contributed by atoms with Gasteiger partial charge in [0.05, 0.1) is 4.90 Å². The summed E-state index contributed by atoms with van der Waals surface area (Å²) in [5.41, 5.74) is 4.67. The second-order valence-corrected chi connectivity index (χ2v) is 9.56. The van der Waals surface area contributed by atoms with Crippen LogP contribution < -0.4 is 5.32 Å². The Balaban J connectivity index is 1.70. The minimum absolute atomic E-state index is 0.358. The number of nitrogens with one attached hydrogen (secondary N) is 1. The molecule has 4 heteroatoms. The van der Waals surface area contributed by atoms with Crippen molar-refractivity contribution in [2.45, 2.75) is 23.2 Å². The molecule has 3 nitrogen and oxygen atoms in total. The predicted octanol–water partition coefficient (Wildman–Crippen LogP) is 4.62. The predicted molar refractivity (Wildman–Crippen MR) is 114 cm³/mol. The Morgan fingerprint density at radius 3 is 2.21 bits per heavy atom. The lowest BCUT2D eigenvalue weighted by Gasteiger charge is -2.33. The second kappa shape index (κ2) is 7.90. The Morgan fingerprint density at radius 2 is 1.46 bits per heavy atom. The van der Waals surface area contributed by atoms with Crippen LogP contribution in [0.3, 0.4) is 0 Å². The van der Waals surface area contributed by atoms with E-state index in [9.17, 15) is 8.42 Å². The van der Waals surface area contributed by atoms with Crippen LogP contribution >= 0.6 is 0 Å². The van der Waals surface area contributed by atoms with Gasteiger partial charge in [0.2, 0.25) is 0 Å². The van der Waals surface area contributed by atoms with Crippen molar-refractivity contribution < 1.29 is 8.42 Å². The Bertz CT molecular complexity index is 1060. The molecule has 3 aromatic carbocycles. The molecule has 28 heavy (non-hydrogen) atoms. The molecule has 0 aliphatic carbocycles. The van der Waals surface area contributed by atoms with Crippen LogP contribution in [0, 0.1) is 0 Å². The summed E-state index contributed by atoms with van der Waals surface area (Å²) in [7, 11) is -3.22. The molecule has 0 unspecified atom stereocenters. The number of piperidine rings is 1. The SMILES string of the molecule is CS(=O)(=O)c1cccc(-c2cccc([C@@H]3CNCC[C@@H]3c3ccccc3)c2)c1. The third-order valence-electron chi connectivity index (χ3n) is 5.62. The zero-order valence-corrected chi connectivity index (χ0v) is 16.8. The fraction of sp³-hybridized carbons (Fsp3) is 0.250. The summed E-state index contributed by atoms with van der Waals surface area (Å²) in [6.45, 7) is 1.98. The van der Waals surface area contributed by atoms with Crippen LogP contribution in [0.1, 0.15) is 29.4 Å². The molecule has 1 aliphatic heterocycles. The first kappa shape index (κ1) is 18.9. The summed E-state index contributed by atoms with van der Waals surface area (Å²) in [6, 6.07) is 26.5. The molecule has 2 atom stereocenters. The molecule has 1 saturated heterocycles. The molecule has 144 valence electrons. The van der Waals surface area contributed by atoms with Crippen LogP contribution in [0.2, 0.25) is 0 Å². The lowest BCUT2D eigenvalue weighted by Crippen LogP contribution is -2.34. The van der Waals surface area contributed by atoms with Crippen molar-refractivity contribution in [3.8, 4) is 11.1 Å². The monoisotopic (exact) mass is 391 g/mol. The van der Waals surface area contributed by atoms with Gasteiger partial charge in [0.25, 0.3) is 0 Å². The van der Waals surface area contributed by atoms with Gasteiger partial charge in [-0.15, -0.1) is 0 Å². The first-order valence-electron chi connectivity index (χ1n) is 9.68. The smallest absolute Gasteiger partial charge is 0.175 e. The number of hydrogen-bond donors (Lipinski definition) is 1. The highest BCUT2D eigenvalue weighted by atomic mass is 32.2. The number of sulfone groups is 1. The summed E-state index contributed by atoms with van der Waals surface area (Å²) in [4.78, 5) is 0.358. The van der Waals surface area contributed by atoms with Crippen molar-refractivity contribution in [3.05, 3.63) is 90.0 Å². The van der Waals surface area contributed by atoms with E-state index in [1.165, 1.54) is 17.4 Å². The maximum absolute atomic E-state index is 11.9. The van der Waals surface area contributed by atoms with E-state index >= 15 is 0 Å². The molecule has 0 saturated carbocycles. The maximum atomic E-state index is 11.9. The van der Waals surface area contributed by atoms with Gasteiger partial charge >= 0.3 is 0 Å². The fourth-order valence-electron chi connectivity index (χ4n) is 4.16. The van der Waals surface area contributed by atoms with Gasteiger partial charge < -0.3 is 5.32 Å². The van der Waals surface area contributed by atoms with Gasteiger partial charge in [0.15, 0.2) is 9.84 Å². The fourth-order valence-corrected chi connectivity index (χ4v) is 4.83. The van der Waals surface area contributed by atoms with Gasteiger partial charge in [-0.2, -0.15) is 0 Å². The van der Waals surface area contributed by atoms with Crippen molar-refractivity contribution in [2.24, 2.45) is 0 Å². The Kier molecular flexibility index (Phi) is 5.33. The molecule has 1 aliphatic rings. The summed E-state index contributed by atoms with van der Waals surface area (Å²) >= 11 is 0. The van der Waals surface area contributed by atoms with E-state index in [0.29, 0.717) is 16.7 Å². The van der Waals surface area contributed by atoms with Crippen LogP contribution in [0.5, 0.6) is 0 Å². The van der Waals surface area contributed by atoms with Gasteiger partial charge in [-0.05, 0) is 53.3 Å². The van der Waals surface area contributed by atoms with Crippen LogP contribution in [-0.2, 0) is 9.84 Å². The first-order valence-corrected chi connectivity index (χ1v) is 11.6. The van der Waals surface area contributed by atoms with E-state index in [-0.39, 0.29) is 0 Å². The van der Waals surface area contributed by atoms with E-state index in [1.807, 2.05) is 12.1 Å². The molecule has 4 rings (SSSR count). The van der Waals surface area contributed by atoms with Gasteiger partial charge in [0, 0.05) is 18.7 Å². The van der Waals surface area contributed by atoms with Crippen molar-refractivity contribution in [3.63, 3.8) is 0 Å². The van der Waals surface area contributed by atoms with Crippen LogP contribution in [0.15, 0.2) is 83.8 Å². The molecule has 3 aromatic rings. The Labute approximate surface area is 167 Å². The zero-order valence-electron chi connectivity index (χ0n) is 16.0. The lowest BCUT2D eigenvalue weighted by molar-refractivity contribution is 0.404. The van der Waals surface area contributed by atoms with E-state index in [0.717, 1.165) is 30.6 Å². The minimum atomic E-state index is -3.22. The van der Waals surface area contributed by atoms with Crippen LogP contribution in [-0.4, -0.2) is 27.8 Å². The first-order chi connectivity index (χ1) is 13.5. The highest BCUT2D eigenvalue weighted by molar-refractivity contribution is 7.90. The van der Waals surface area contributed by atoms with Gasteiger partial charge in [-0.3, -0.25) is 0 Å². The molecule has 1 heterocycles. The zero-order chi connectivity index (χ0) is 19.6. The summed E-state index contributed by atoms with van der Waals surface area (Å²) < 4.78 is 23.8. The lowest BCUT2D eigenvalue weighted by atomic mass is 9.77. The standard InChI is InChI=1S/C24H25NO2S/c1-28(26,27)22-12-6-10-20(16-22)19-9-5-11-21(15-19)24-17-25-14-13-23(24)18-7-3-2-4-8-18/h2-12,15-16,23-25H,13-14,17H2,1H3/t23-,24+/m1/s1. The Hall–Kier alpha value is -2.43. The molecular formula is C24H25NO2S. The average Bonchev–Trinajstić information content (AvgIpc) is 2.74. The van der Waals surface area contributed by atoms with Gasteiger partial charge in [-0.1, -0.05) is 66.7 Å². The van der Waals surface area contributed by atoms with E-state index in [4.69, 9.17) is 0 Å². The Morgan fingerprint density at radius 1 is 0.786 bits per heavy atom. The average molecular weight is 392 g/mol. The molecule has 1 N–H and O–H groups in total. The molecule has 0 aromatic heterocycles. The largest absolute Gasteiger partial charge is 0.316 e. The number of hydrogen-bond acceptors (Lipinski definition) is 3. The molecule has 0 amide bonds. The molecule has 0 radical (unpaired) electrons. The highest BCUT2D eigenvalue weighted by Gasteiger charge is 2.27. The van der Waals surface area contributed by atoms with E-state index in [2.05, 4.69) is 59.9 Å². The van der Waals surface area contributed by atoms with Gasteiger partial charge in [-0.25, -0.2) is 8.42 Å². The summed E-state index contributed by atoms with van der Waals surface area (Å²) in [5, 5.41) is 3.54. The molecule has 0 spiro atoms. The molecule has 1 fully saturated rings. The summed E-state index contributed by atoms with van der Waals surface area (Å²) in [5.74, 6) is 0.884. The summed E-state index contributed by atoms with van der Waals surface area (Å²) in [6.07, 6.45) is 2.36. The quantitative estimate of drug-likeness (QED) is 0.706. The molecular weight excluding hydrogens is 366 g/mol. The van der Waals surface area contributed by atoms with Crippen LogP contribution in [0.4, 0.5) is 0 Å². The normalized spacial score (nSPS) is 20.0. The second-order valence-electron chi connectivity index (χ2n) is 7.54.